The van der Waals surface area contributed by atoms with Crippen LogP contribution in [0.1, 0.15) is 46.5 Å². The first-order valence-corrected chi connectivity index (χ1v) is 6.50. The van der Waals surface area contributed by atoms with Crippen LogP contribution < -0.4 is 5.32 Å². The van der Waals surface area contributed by atoms with Crippen LogP contribution in [-0.4, -0.2) is 35.2 Å². The van der Waals surface area contributed by atoms with Crippen molar-refractivity contribution in [1.82, 2.24) is 5.32 Å². The van der Waals surface area contributed by atoms with Crippen molar-refractivity contribution in [2.45, 2.75) is 58.1 Å². The van der Waals surface area contributed by atoms with Gasteiger partial charge in [-0.15, -0.1) is 0 Å². The molecule has 1 fully saturated rings. The number of carbonyl (C=O) groups excluding carboxylic acids is 1. The summed E-state index contributed by atoms with van der Waals surface area (Å²) in [5, 5.41) is 12.1. The van der Waals surface area contributed by atoms with Crippen LogP contribution in [0.4, 0.5) is 0 Å². The molecule has 5 heteroatoms. The highest BCUT2D eigenvalue weighted by Gasteiger charge is 2.42. The van der Waals surface area contributed by atoms with E-state index in [1.807, 2.05) is 20.8 Å². The first kappa shape index (κ1) is 15.0. The Labute approximate surface area is 108 Å². The molecular weight excluding hydrogens is 234 g/mol. The molecule has 1 saturated carbocycles. The van der Waals surface area contributed by atoms with E-state index in [4.69, 9.17) is 4.74 Å². The van der Waals surface area contributed by atoms with Crippen molar-refractivity contribution >= 4 is 11.9 Å². The Morgan fingerprint density at radius 1 is 1.44 bits per heavy atom. The Morgan fingerprint density at radius 2 is 2.11 bits per heavy atom. The molecule has 0 saturated heterocycles. The van der Waals surface area contributed by atoms with Gasteiger partial charge in [-0.1, -0.05) is 12.8 Å². The fraction of sp³-hybridized carbons (Fsp3) is 0.846. The third-order valence-corrected chi connectivity index (χ3v) is 3.48. The van der Waals surface area contributed by atoms with E-state index < -0.39 is 17.4 Å². The van der Waals surface area contributed by atoms with Crippen LogP contribution in [0.5, 0.6) is 0 Å². The summed E-state index contributed by atoms with van der Waals surface area (Å²) in [6.45, 7) is 5.52. The molecule has 0 aromatic rings. The Bertz CT molecular complexity index is 316. The fourth-order valence-corrected chi connectivity index (χ4v) is 2.48. The number of carbonyl (C=O) groups is 2. The van der Waals surface area contributed by atoms with Gasteiger partial charge >= 0.3 is 5.97 Å². The van der Waals surface area contributed by atoms with Gasteiger partial charge in [0.1, 0.15) is 6.61 Å². The number of carboxylic acids is 1. The molecule has 0 radical (unpaired) electrons. The summed E-state index contributed by atoms with van der Waals surface area (Å²) < 4.78 is 5.23. The molecule has 0 aliphatic heterocycles. The summed E-state index contributed by atoms with van der Waals surface area (Å²) in [5.41, 5.74) is -0.651. The van der Waals surface area contributed by atoms with Crippen LogP contribution >= 0.6 is 0 Å². The monoisotopic (exact) mass is 257 g/mol. The predicted molar refractivity (Wildman–Crippen MR) is 67.2 cm³/mol. The molecule has 1 rings (SSSR count). The van der Waals surface area contributed by atoms with Gasteiger partial charge in [0.25, 0.3) is 0 Å². The van der Waals surface area contributed by atoms with Gasteiger partial charge in [0.2, 0.25) is 5.91 Å². The lowest BCUT2D eigenvalue weighted by atomic mass is 9.74. The van der Waals surface area contributed by atoms with E-state index >= 15 is 0 Å². The second-order valence-corrected chi connectivity index (χ2v) is 5.46. The Balaban J connectivity index is 2.60. The van der Waals surface area contributed by atoms with Gasteiger partial charge < -0.3 is 15.2 Å². The average molecular weight is 257 g/mol. The minimum Gasteiger partial charge on any atom is -0.481 e. The molecule has 5 nitrogen and oxygen atoms in total. The van der Waals surface area contributed by atoms with Crippen LogP contribution in [0.25, 0.3) is 0 Å². The Morgan fingerprint density at radius 3 is 2.67 bits per heavy atom. The van der Waals surface area contributed by atoms with Crippen molar-refractivity contribution in [2.75, 3.05) is 6.61 Å². The highest BCUT2D eigenvalue weighted by atomic mass is 16.5. The summed E-state index contributed by atoms with van der Waals surface area (Å²) in [7, 11) is 0. The zero-order valence-corrected chi connectivity index (χ0v) is 11.4. The summed E-state index contributed by atoms with van der Waals surface area (Å²) in [6.07, 6.45) is 3.18. The van der Waals surface area contributed by atoms with Crippen molar-refractivity contribution in [1.29, 1.82) is 0 Å². The molecule has 0 bridgehead atoms. The van der Waals surface area contributed by atoms with E-state index in [9.17, 15) is 14.7 Å². The summed E-state index contributed by atoms with van der Waals surface area (Å²) >= 11 is 0. The smallest absolute Gasteiger partial charge is 0.308 e. The van der Waals surface area contributed by atoms with Gasteiger partial charge in [0, 0.05) is 0 Å². The quantitative estimate of drug-likeness (QED) is 0.783. The fourth-order valence-electron chi connectivity index (χ4n) is 2.48. The molecule has 0 aromatic heterocycles. The second kappa shape index (κ2) is 6.18. The van der Waals surface area contributed by atoms with Crippen LogP contribution in [0.3, 0.4) is 0 Å². The lowest BCUT2D eigenvalue weighted by Crippen LogP contribution is -2.56. The summed E-state index contributed by atoms with van der Waals surface area (Å²) in [5.74, 6) is -1.57. The van der Waals surface area contributed by atoms with E-state index in [0.29, 0.717) is 12.8 Å². The predicted octanol–water partition coefficient (Wildman–Crippen LogP) is 1.56. The van der Waals surface area contributed by atoms with Crippen LogP contribution in [0, 0.1) is 5.92 Å². The lowest BCUT2D eigenvalue weighted by Gasteiger charge is -2.39. The molecule has 18 heavy (non-hydrogen) atoms. The SMILES string of the molecule is CC(C)OCC(=O)NC1(C)CCCCC1C(=O)O. The van der Waals surface area contributed by atoms with Crippen LogP contribution in [0.2, 0.25) is 0 Å². The molecule has 2 atom stereocenters. The minimum atomic E-state index is -0.831. The third kappa shape index (κ3) is 3.98. The first-order chi connectivity index (χ1) is 8.35. The van der Waals surface area contributed by atoms with E-state index in [1.165, 1.54) is 0 Å². The number of nitrogens with one attached hydrogen (secondary N) is 1. The number of hydrogen-bond donors (Lipinski definition) is 2. The van der Waals surface area contributed by atoms with E-state index in [1.54, 1.807) is 0 Å². The van der Waals surface area contributed by atoms with E-state index in [0.717, 1.165) is 12.8 Å². The zero-order valence-electron chi connectivity index (χ0n) is 11.4. The molecule has 1 aliphatic rings. The number of ether oxygens (including phenoxy) is 1. The maximum absolute atomic E-state index is 11.8. The number of aliphatic carboxylic acids is 1. The van der Waals surface area contributed by atoms with Gasteiger partial charge in [0.05, 0.1) is 17.6 Å². The molecule has 0 spiro atoms. The van der Waals surface area contributed by atoms with Crippen molar-refractivity contribution in [2.24, 2.45) is 5.92 Å². The Hall–Kier alpha value is -1.10. The highest BCUT2D eigenvalue weighted by molar-refractivity contribution is 5.80. The molecule has 0 aromatic carbocycles. The maximum Gasteiger partial charge on any atom is 0.308 e. The van der Waals surface area contributed by atoms with Gasteiger partial charge in [0.15, 0.2) is 0 Å². The van der Waals surface area contributed by atoms with Gasteiger partial charge in [-0.2, -0.15) is 0 Å². The average Bonchev–Trinajstić information content (AvgIpc) is 2.26. The normalized spacial score (nSPS) is 28.1. The number of amides is 1. The minimum absolute atomic E-state index is 0.00909. The van der Waals surface area contributed by atoms with Gasteiger partial charge in [-0.25, -0.2) is 0 Å². The molecule has 2 unspecified atom stereocenters. The zero-order chi connectivity index (χ0) is 13.8. The standard InChI is InChI=1S/C13H23NO4/c1-9(2)18-8-11(15)14-13(3)7-5-4-6-10(13)12(16)17/h9-10H,4-8H2,1-3H3,(H,14,15)(H,16,17). The van der Waals surface area contributed by atoms with Crippen LogP contribution in [0.15, 0.2) is 0 Å². The summed E-state index contributed by atoms with van der Waals surface area (Å²) in [6, 6.07) is 0. The Kier molecular flexibility index (Phi) is 5.14. The second-order valence-electron chi connectivity index (χ2n) is 5.46. The molecule has 2 N–H and O–H groups in total. The lowest BCUT2D eigenvalue weighted by molar-refractivity contribution is -0.147. The van der Waals surface area contributed by atoms with E-state index in [-0.39, 0.29) is 18.6 Å². The molecule has 104 valence electrons. The highest BCUT2D eigenvalue weighted by Crippen LogP contribution is 2.33. The maximum atomic E-state index is 11.8. The van der Waals surface area contributed by atoms with Gasteiger partial charge in [-0.3, -0.25) is 9.59 Å². The molecule has 1 amide bonds. The number of rotatable bonds is 5. The van der Waals surface area contributed by atoms with Crippen molar-refractivity contribution in [3.05, 3.63) is 0 Å². The molecule has 0 heterocycles. The van der Waals surface area contributed by atoms with Crippen LogP contribution in [-0.2, 0) is 14.3 Å². The first-order valence-electron chi connectivity index (χ1n) is 6.50. The molecular formula is C13H23NO4. The topological polar surface area (TPSA) is 75.6 Å². The van der Waals surface area contributed by atoms with Gasteiger partial charge in [-0.05, 0) is 33.6 Å². The van der Waals surface area contributed by atoms with Crippen molar-refractivity contribution in [3.63, 3.8) is 0 Å². The summed E-state index contributed by atoms with van der Waals surface area (Å²) in [4.78, 5) is 23.0. The van der Waals surface area contributed by atoms with Crippen molar-refractivity contribution < 1.29 is 19.4 Å². The third-order valence-electron chi connectivity index (χ3n) is 3.48. The van der Waals surface area contributed by atoms with E-state index in [2.05, 4.69) is 5.32 Å². The molecule has 1 aliphatic carbocycles. The number of hydrogen-bond acceptors (Lipinski definition) is 3. The number of carboxylic acid groups (broad SMARTS) is 1. The van der Waals surface area contributed by atoms with Crippen molar-refractivity contribution in [3.8, 4) is 0 Å². The largest absolute Gasteiger partial charge is 0.481 e.